The van der Waals surface area contributed by atoms with E-state index in [1.807, 2.05) is 6.07 Å². The fourth-order valence-corrected chi connectivity index (χ4v) is 3.84. The van der Waals surface area contributed by atoms with Crippen molar-refractivity contribution in [3.05, 3.63) is 60.2 Å². The molecule has 0 amide bonds. The lowest BCUT2D eigenvalue weighted by atomic mass is 10.0. The standard InChI is InChI=1S/C25H35O7P/c26-24(20-32-33(28,29)30)19-31-25(27)14-10-5-3-1-2-4-7-11-21-15-17-23(18-16-21)22-12-8-6-9-13-22/h6,8-9,12-13,15-18,24,26H,1-5,7,10-11,14,19-20H2,(H2,28,29,30)/t24-/m1/s1. The summed E-state index contributed by atoms with van der Waals surface area (Å²) in [6.45, 7) is -0.926. The SMILES string of the molecule is O=C(CCCCCCCCCc1ccc(-c2ccccc2)cc1)OC[C@@H](O)COP(=O)(O)O. The quantitative estimate of drug-likeness (QED) is 0.176. The van der Waals surface area contributed by atoms with Crippen LogP contribution in [0, 0.1) is 0 Å². The molecule has 0 spiro atoms. The molecule has 3 N–H and O–H groups in total. The Morgan fingerprint density at radius 2 is 1.36 bits per heavy atom. The van der Waals surface area contributed by atoms with Gasteiger partial charge in [0.25, 0.3) is 0 Å². The van der Waals surface area contributed by atoms with Crippen LogP contribution in [0.25, 0.3) is 11.1 Å². The van der Waals surface area contributed by atoms with Crippen LogP contribution in [0.3, 0.4) is 0 Å². The molecular formula is C25H35O7P. The summed E-state index contributed by atoms with van der Waals surface area (Å²) in [5.74, 6) is -0.427. The molecule has 1 atom stereocenters. The molecule has 2 aromatic carbocycles. The van der Waals surface area contributed by atoms with Gasteiger partial charge in [0.2, 0.25) is 0 Å². The van der Waals surface area contributed by atoms with E-state index in [0.29, 0.717) is 0 Å². The number of esters is 1. The minimum absolute atomic E-state index is 0.269. The highest BCUT2D eigenvalue weighted by atomic mass is 31.2. The molecule has 0 saturated heterocycles. The second-order valence-electron chi connectivity index (χ2n) is 8.16. The molecule has 2 rings (SSSR count). The normalized spacial score (nSPS) is 12.5. The Bertz CT molecular complexity index is 849. The molecule has 182 valence electrons. The predicted molar refractivity (Wildman–Crippen MR) is 127 cm³/mol. The molecule has 0 bridgehead atoms. The van der Waals surface area contributed by atoms with Crippen molar-refractivity contribution in [1.82, 2.24) is 0 Å². The third kappa shape index (κ3) is 12.7. The molecule has 0 unspecified atom stereocenters. The van der Waals surface area contributed by atoms with Gasteiger partial charge in [0.1, 0.15) is 12.7 Å². The first-order valence-electron chi connectivity index (χ1n) is 11.5. The molecule has 8 heteroatoms. The van der Waals surface area contributed by atoms with E-state index >= 15 is 0 Å². The van der Waals surface area contributed by atoms with Crippen LogP contribution in [0.1, 0.15) is 56.9 Å². The molecule has 33 heavy (non-hydrogen) atoms. The smallest absolute Gasteiger partial charge is 0.463 e. The van der Waals surface area contributed by atoms with Gasteiger partial charge in [0.15, 0.2) is 0 Å². The van der Waals surface area contributed by atoms with Crippen LogP contribution in [-0.2, 0) is 25.0 Å². The van der Waals surface area contributed by atoms with Crippen LogP contribution in [0.15, 0.2) is 54.6 Å². The van der Waals surface area contributed by atoms with E-state index in [1.54, 1.807) is 0 Å². The number of unbranched alkanes of at least 4 members (excludes halogenated alkanes) is 6. The molecule has 0 aliphatic heterocycles. The number of phosphoric acid groups is 1. The van der Waals surface area contributed by atoms with Gasteiger partial charge >= 0.3 is 13.8 Å². The van der Waals surface area contributed by atoms with Crippen LogP contribution in [0.5, 0.6) is 0 Å². The van der Waals surface area contributed by atoms with Gasteiger partial charge in [-0.2, -0.15) is 0 Å². The average Bonchev–Trinajstić information content (AvgIpc) is 2.81. The van der Waals surface area contributed by atoms with E-state index < -0.39 is 26.5 Å². The van der Waals surface area contributed by atoms with Gasteiger partial charge in [-0.15, -0.1) is 0 Å². The molecule has 0 fully saturated rings. The maximum absolute atomic E-state index is 11.6. The number of aliphatic hydroxyl groups excluding tert-OH is 1. The van der Waals surface area contributed by atoms with Crippen LogP contribution in [0.4, 0.5) is 0 Å². The second kappa shape index (κ2) is 15.0. The van der Waals surface area contributed by atoms with Crippen LogP contribution in [0.2, 0.25) is 0 Å². The summed E-state index contributed by atoms with van der Waals surface area (Å²) < 4.78 is 19.6. The van der Waals surface area contributed by atoms with Gasteiger partial charge in [0, 0.05) is 6.42 Å². The summed E-state index contributed by atoms with van der Waals surface area (Å²) >= 11 is 0. The number of carbonyl (C=O) groups is 1. The lowest BCUT2D eigenvalue weighted by molar-refractivity contribution is -0.147. The highest BCUT2D eigenvalue weighted by Gasteiger charge is 2.17. The Hall–Kier alpha value is -2.02. The molecule has 0 saturated carbocycles. The van der Waals surface area contributed by atoms with E-state index in [2.05, 4.69) is 53.1 Å². The summed E-state index contributed by atoms with van der Waals surface area (Å²) in [7, 11) is -4.63. The fraction of sp³-hybridized carbons (Fsp3) is 0.480. The molecule has 0 aliphatic carbocycles. The number of benzene rings is 2. The maximum Gasteiger partial charge on any atom is 0.469 e. The maximum atomic E-state index is 11.6. The monoisotopic (exact) mass is 478 g/mol. The van der Waals surface area contributed by atoms with Gasteiger partial charge in [0.05, 0.1) is 6.61 Å². The topological polar surface area (TPSA) is 113 Å². The summed E-state index contributed by atoms with van der Waals surface area (Å²) in [6.07, 6.45) is 7.51. The number of aliphatic hydroxyl groups is 1. The number of rotatable bonds is 16. The third-order valence-corrected chi connectivity index (χ3v) is 5.76. The Balaban J connectivity index is 1.44. The molecular weight excluding hydrogens is 443 g/mol. The highest BCUT2D eigenvalue weighted by Crippen LogP contribution is 2.35. The van der Waals surface area contributed by atoms with Crippen molar-refractivity contribution in [2.24, 2.45) is 0 Å². The fourth-order valence-electron chi connectivity index (χ4n) is 3.47. The van der Waals surface area contributed by atoms with Crippen LogP contribution >= 0.6 is 7.82 Å². The minimum atomic E-state index is -4.63. The summed E-state index contributed by atoms with van der Waals surface area (Å²) in [6, 6.07) is 19.2. The Labute approximate surface area is 196 Å². The van der Waals surface area contributed by atoms with Gasteiger partial charge in [-0.1, -0.05) is 86.7 Å². The Morgan fingerprint density at radius 1 is 0.788 bits per heavy atom. The average molecular weight is 479 g/mol. The zero-order valence-electron chi connectivity index (χ0n) is 19.0. The van der Waals surface area contributed by atoms with E-state index in [9.17, 15) is 14.5 Å². The van der Waals surface area contributed by atoms with Gasteiger partial charge < -0.3 is 19.6 Å². The van der Waals surface area contributed by atoms with Crippen molar-refractivity contribution in [2.75, 3.05) is 13.2 Å². The summed E-state index contributed by atoms with van der Waals surface area (Å²) in [5, 5.41) is 9.46. The zero-order chi connectivity index (χ0) is 23.9. The van der Waals surface area contributed by atoms with Crippen molar-refractivity contribution in [3.8, 4) is 11.1 Å². The van der Waals surface area contributed by atoms with E-state index in [4.69, 9.17) is 14.5 Å². The predicted octanol–water partition coefficient (Wildman–Crippen LogP) is 5.03. The molecule has 0 heterocycles. The second-order valence-corrected chi connectivity index (χ2v) is 9.40. The van der Waals surface area contributed by atoms with Gasteiger partial charge in [-0.25, -0.2) is 4.57 Å². The van der Waals surface area contributed by atoms with E-state index in [0.717, 1.165) is 32.1 Å². The van der Waals surface area contributed by atoms with Crippen LogP contribution in [-0.4, -0.2) is 40.2 Å². The molecule has 0 radical (unpaired) electrons. The zero-order valence-corrected chi connectivity index (χ0v) is 19.9. The number of carbonyl (C=O) groups excluding carboxylic acids is 1. The number of phosphoric ester groups is 1. The number of ether oxygens (including phenoxy) is 1. The first kappa shape index (κ1) is 27.2. The molecule has 0 aromatic heterocycles. The molecule has 0 aliphatic rings. The summed E-state index contributed by atoms with van der Waals surface area (Å²) in [5.41, 5.74) is 3.85. The van der Waals surface area contributed by atoms with Crippen molar-refractivity contribution in [2.45, 2.75) is 63.9 Å². The van der Waals surface area contributed by atoms with Crippen molar-refractivity contribution >= 4 is 13.8 Å². The van der Waals surface area contributed by atoms with Gasteiger partial charge in [-0.3, -0.25) is 9.32 Å². The van der Waals surface area contributed by atoms with Crippen LogP contribution < -0.4 is 0 Å². The Kier molecular flexibility index (Phi) is 12.4. The number of hydrogen-bond acceptors (Lipinski definition) is 5. The minimum Gasteiger partial charge on any atom is -0.463 e. The van der Waals surface area contributed by atoms with E-state index in [1.165, 1.54) is 36.0 Å². The van der Waals surface area contributed by atoms with Gasteiger partial charge in [-0.05, 0) is 36.0 Å². The number of aryl methyl sites for hydroxylation is 1. The first-order chi connectivity index (χ1) is 15.8. The molecule has 7 nitrogen and oxygen atoms in total. The largest absolute Gasteiger partial charge is 0.469 e. The third-order valence-electron chi connectivity index (χ3n) is 5.28. The van der Waals surface area contributed by atoms with Crippen molar-refractivity contribution < 1.29 is 33.5 Å². The van der Waals surface area contributed by atoms with Crippen molar-refractivity contribution in [1.29, 1.82) is 0 Å². The number of hydrogen-bond donors (Lipinski definition) is 3. The van der Waals surface area contributed by atoms with E-state index in [-0.39, 0.29) is 13.0 Å². The lowest BCUT2D eigenvalue weighted by Crippen LogP contribution is -2.23. The molecule has 2 aromatic rings. The Morgan fingerprint density at radius 3 is 2.00 bits per heavy atom. The highest BCUT2D eigenvalue weighted by molar-refractivity contribution is 7.46. The summed E-state index contributed by atoms with van der Waals surface area (Å²) in [4.78, 5) is 28.7. The first-order valence-corrected chi connectivity index (χ1v) is 13.0. The van der Waals surface area contributed by atoms with Crippen molar-refractivity contribution in [3.63, 3.8) is 0 Å². The lowest BCUT2D eigenvalue weighted by Gasteiger charge is -2.12.